The summed E-state index contributed by atoms with van der Waals surface area (Å²) >= 11 is 0. The Morgan fingerprint density at radius 1 is 1.17 bits per heavy atom. The number of guanidine groups is 1. The zero-order valence-electron chi connectivity index (χ0n) is 15.0. The van der Waals surface area contributed by atoms with Crippen LogP contribution in [0.1, 0.15) is 39.2 Å². The van der Waals surface area contributed by atoms with Crippen LogP contribution in [0.4, 0.5) is 0 Å². The molecule has 0 aliphatic heterocycles. The van der Waals surface area contributed by atoms with Crippen LogP contribution in [0.3, 0.4) is 0 Å². The molecule has 6 heteroatoms. The summed E-state index contributed by atoms with van der Waals surface area (Å²) in [6.07, 6.45) is 2.49. The molecule has 0 saturated carbocycles. The van der Waals surface area contributed by atoms with Gasteiger partial charge < -0.3 is 16.0 Å². The fraction of sp³-hybridized carbons (Fsp3) is 0.556. The van der Waals surface area contributed by atoms with Crippen LogP contribution in [0.2, 0.25) is 0 Å². The molecule has 24 heavy (non-hydrogen) atoms. The van der Waals surface area contributed by atoms with Gasteiger partial charge in [0.2, 0.25) is 5.91 Å². The van der Waals surface area contributed by atoms with Gasteiger partial charge in [-0.1, -0.05) is 30.3 Å². The number of aryl methyl sites for hydroxylation is 1. The van der Waals surface area contributed by atoms with Crippen LogP contribution in [0.5, 0.6) is 0 Å². The fourth-order valence-electron chi connectivity index (χ4n) is 2.15. The van der Waals surface area contributed by atoms with Gasteiger partial charge in [0, 0.05) is 32.1 Å². The molecule has 0 fully saturated rings. The topological polar surface area (TPSA) is 65.5 Å². The standard InChI is InChI=1S/C18H30N4O.HI/c1-4-19-18(21-14-12-17(23)22-15(2)3)20-13-8-11-16-9-6-5-7-10-16;/h5-7,9-10,15H,4,8,11-14H2,1-3H3,(H,22,23)(H2,19,20,21);1H. The van der Waals surface area contributed by atoms with E-state index in [9.17, 15) is 4.79 Å². The van der Waals surface area contributed by atoms with Crippen LogP contribution in [0.15, 0.2) is 35.3 Å². The molecule has 1 aromatic rings. The monoisotopic (exact) mass is 446 g/mol. The first kappa shape index (κ1) is 22.7. The van der Waals surface area contributed by atoms with Gasteiger partial charge in [-0.05, 0) is 39.2 Å². The SMILES string of the molecule is CCNC(=NCCCc1ccccc1)NCCC(=O)NC(C)C.I. The van der Waals surface area contributed by atoms with E-state index in [0.29, 0.717) is 13.0 Å². The van der Waals surface area contributed by atoms with E-state index in [-0.39, 0.29) is 35.9 Å². The summed E-state index contributed by atoms with van der Waals surface area (Å²) in [5, 5.41) is 9.28. The Bertz CT molecular complexity index is 477. The smallest absolute Gasteiger partial charge is 0.221 e. The summed E-state index contributed by atoms with van der Waals surface area (Å²) < 4.78 is 0. The van der Waals surface area contributed by atoms with Gasteiger partial charge in [0.05, 0.1) is 0 Å². The summed E-state index contributed by atoms with van der Waals surface area (Å²) in [4.78, 5) is 16.1. The van der Waals surface area contributed by atoms with E-state index in [4.69, 9.17) is 0 Å². The van der Waals surface area contributed by atoms with Gasteiger partial charge in [0.25, 0.3) is 0 Å². The number of halogens is 1. The van der Waals surface area contributed by atoms with E-state index in [1.54, 1.807) is 0 Å². The van der Waals surface area contributed by atoms with Crippen molar-refractivity contribution < 1.29 is 4.79 Å². The summed E-state index contributed by atoms with van der Waals surface area (Å²) in [6, 6.07) is 10.6. The average Bonchev–Trinajstić information content (AvgIpc) is 2.51. The lowest BCUT2D eigenvalue weighted by Gasteiger charge is -2.12. The molecule has 1 rings (SSSR count). The maximum atomic E-state index is 11.6. The maximum absolute atomic E-state index is 11.6. The van der Waals surface area contributed by atoms with Crippen LogP contribution in [-0.2, 0) is 11.2 Å². The Morgan fingerprint density at radius 2 is 1.88 bits per heavy atom. The third kappa shape index (κ3) is 11.3. The first-order chi connectivity index (χ1) is 11.1. The van der Waals surface area contributed by atoms with E-state index in [1.165, 1.54) is 5.56 Å². The van der Waals surface area contributed by atoms with E-state index >= 15 is 0 Å². The molecule has 0 aliphatic rings. The van der Waals surface area contributed by atoms with Crippen LogP contribution < -0.4 is 16.0 Å². The van der Waals surface area contributed by atoms with Crippen LogP contribution in [0.25, 0.3) is 0 Å². The minimum Gasteiger partial charge on any atom is -0.357 e. The summed E-state index contributed by atoms with van der Waals surface area (Å²) in [5.74, 6) is 0.838. The molecule has 0 spiro atoms. The Hall–Kier alpha value is -1.31. The number of carbonyl (C=O) groups is 1. The fourth-order valence-corrected chi connectivity index (χ4v) is 2.15. The molecule has 0 radical (unpaired) electrons. The first-order valence-electron chi connectivity index (χ1n) is 8.47. The molecular formula is C18H31IN4O. The van der Waals surface area contributed by atoms with E-state index in [2.05, 4.69) is 45.2 Å². The van der Waals surface area contributed by atoms with Gasteiger partial charge in [-0.2, -0.15) is 0 Å². The number of aliphatic imine (C=N–C) groups is 1. The van der Waals surface area contributed by atoms with Crippen molar-refractivity contribution in [1.29, 1.82) is 0 Å². The Kier molecular flexibility index (Phi) is 13.3. The van der Waals surface area contributed by atoms with Gasteiger partial charge in [0.15, 0.2) is 5.96 Å². The number of benzene rings is 1. The molecule has 1 aromatic carbocycles. The summed E-state index contributed by atoms with van der Waals surface area (Å²) in [5.41, 5.74) is 1.34. The molecule has 0 aromatic heterocycles. The van der Waals surface area contributed by atoms with Crippen molar-refractivity contribution in [1.82, 2.24) is 16.0 Å². The van der Waals surface area contributed by atoms with Crippen molar-refractivity contribution in [3.8, 4) is 0 Å². The van der Waals surface area contributed by atoms with Gasteiger partial charge in [-0.25, -0.2) is 0 Å². The molecule has 3 N–H and O–H groups in total. The molecule has 0 aliphatic carbocycles. The van der Waals surface area contributed by atoms with Crippen molar-refractivity contribution in [2.75, 3.05) is 19.6 Å². The van der Waals surface area contributed by atoms with Crippen LogP contribution >= 0.6 is 24.0 Å². The van der Waals surface area contributed by atoms with E-state index < -0.39 is 0 Å². The molecule has 0 atom stereocenters. The van der Waals surface area contributed by atoms with Gasteiger partial charge in [0.1, 0.15) is 0 Å². The number of nitrogens with zero attached hydrogens (tertiary/aromatic N) is 1. The predicted octanol–water partition coefficient (Wildman–Crippen LogP) is 2.71. The quantitative estimate of drug-likeness (QED) is 0.237. The lowest BCUT2D eigenvalue weighted by atomic mass is 10.1. The van der Waals surface area contributed by atoms with Gasteiger partial charge in [-0.3, -0.25) is 9.79 Å². The van der Waals surface area contributed by atoms with Crippen molar-refractivity contribution in [2.24, 2.45) is 4.99 Å². The lowest BCUT2D eigenvalue weighted by Crippen LogP contribution is -2.40. The highest BCUT2D eigenvalue weighted by atomic mass is 127. The first-order valence-corrected chi connectivity index (χ1v) is 8.47. The third-order valence-electron chi connectivity index (χ3n) is 3.17. The van der Waals surface area contributed by atoms with Gasteiger partial charge >= 0.3 is 0 Å². The van der Waals surface area contributed by atoms with E-state index in [1.807, 2.05) is 26.8 Å². The Morgan fingerprint density at radius 3 is 2.50 bits per heavy atom. The highest BCUT2D eigenvalue weighted by Crippen LogP contribution is 2.02. The van der Waals surface area contributed by atoms with Crippen LogP contribution in [0, 0.1) is 0 Å². The Labute approximate surface area is 163 Å². The number of amides is 1. The minimum atomic E-state index is 0. The molecule has 5 nitrogen and oxygen atoms in total. The molecule has 136 valence electrons. The van der Waals surface area contributed by atoms with Crippen molar-refractivity contribution in [3.05, 3.63) is 35.9 Å². The highest BCUT2D eigenvalue weighted by Gasteiger charge is 2.03. The molecule has 0 bridgehead atoms. The normalized spacial score (nSPS) is 10.9. The zero-order valence-corrected chi connectivity index (χ0v) is 17.3. The number of rotatable bonds is 9. The summed E-state index contributed by atoms with van der Waals surface area (Å²) in [6.45, 7) is 8.12. The third-order valence-corrected chi connectivity index (χ3v) is 3.17. The Balaban J connectivity index is 0.00000529. The maximum Gasteiger partial charge on any atom is 0.221 e. The molecule has 0 heterocycles. The molecule has 1 amide bonds. The van der Waals surface area contributed by atoms with Gasteiger partial charge in [-0.15, -0.1) is 24.0 Å². The average molecular weight is 446 g/mol. The van der Waals surface area contributed by atoms with Crippen LogP contribution in [-0.4, -0.2) is 37.5 Å². The lowest BCUT2D eigenvalue weighted by molar-refractivity contribution is -0.121. The zero-order chi connectivity index (χ0) is 16.9. The number of carbonyl (C=O) groups excluding carboxylic acids is 1. The second-order valence-corrected chi connectivity index (χ2v) is 5.75. The molecule has 0 saturated heterocycles. The van der Waals surface area contributed by atoms with E-state index in [0.717, 1.165) is 31.9 Å². The number of hydrogen-bond acceptors (Lipinski definition) is 2. The number of hydrogen-bond donors (Lipinski definition) is 3. The van der Waals surface area contributed by atoms with Crippen molar-refractivity contribution in [2.45, 2.75) is 46.1 Å². The summed E-state index contributed by atoms with van der Waals surface area (Å²) in [7, 11) is 0. The number of nitrogens with one attached hydrogen (secondary N) is 3. The second-order valence-electron chi connectivity index (χ2n) is 5.75. The minimum absolute atomic E-state index is 0. The van der Waals surface area contributed by atoms with Crippen molar-refractivity contribution in [3.63, 3.8) is 0 Å². The largest absolute Gasteiger partial charge is 0.357 e. The molecular weight excluding hydrogens is 415 g/mol. The predicted molar refractivity (Wildman–Crippen MR) is 112 cm³/mol. The molecule has 0 unspecified atom stereocenters. The highest BCUT2D eigenvalue weighted by molar-refractivity contribution is 14.0. The second kappa shape index (κ2) is 14.1. The van der Waals surface area contributed by atoms with Crippen molar-refractivity contribution >= 4 is 35.8 Å².